The van der Waals surface area contributed by atoms with Crippen LogP contribution in [0.3, 0.4) is 0 Å². The highest BCUT2D eigenvalue weighted by Crippen LogP contribution is 2.27. The van der Waals surface area contributed by atoms with E-state index in [9.17, 15) is 9.90 Å². The molecule has 3 aromatic carbocycles. The molecule has 0 atom stereocenters. The van der Waals surface area contributed by atoms with Crippen LogP contribution < -0.4 is 4.74 Å². The summed E-state index contributed by atoms with van der Waals surface area (Å²) in [4.78, 5) is 12.5. The van der Waals surface area contributed by atoms with Gasteiger partial charge < -0.3 is 9.84 Å². The predicted octanol–water partition coefficient (Wildman–Crippen LogP) is 3.79. The maximum atomic E-state index is 12.5. The largest absolute Gasteiger partial charge is 0.504 e. The minimum atomic E-state index is -0.0981. The fourth-order valence-electron chi connectivity index (χ4n) is 2.32. The quantitative estimate of drug-likeness (QED) is 0.741. The molecule has 0 radical (unpaired) electrons. The molecule has 0 aliphatic rings. The minimum absolute atomic E-state index is 0.0209. The summed E-state index contributed by atoms with van der Waals surface area (Å²) in [6.07, 6.45) is 0. The maximum absolute atomic E-state index is 12.5. The van der Waals surface area contributed by atoms with Crippen molar-refractivity contribution < 1.29 is 14.6 Å². The van der Waals surface area contributed by atoms with Gasteiger partial charge in [0.25, 0.3) is 0 Å². The summed E-state index contributed by atoms with van der Waals surface area (Å²) in [6.45, 7) is 0. The molecule has 0 fully saturated rings. The predicted molar refractivity (Wildman–Crippen MR) is 82.0 cm³/mol. The van der Waals surface area contributed by atoms with Crippen molar-refractivity contribution in [2.75, 3.05) is 7.11 Å². The van der Waals surface area contributed by atoms with Crippen molar-refractivity contribution in [2.45, 2.75) is 0 Å². The van der Waals surface area contributed by atoms with Crippen LogP contribution in [-0.4, -0.2) is 18.0 Å². The van der Waals surface area contributed by atoms with Gasteiger partial charge in [-0.15, -0.1) is 0 Å². The zero-order valence-corrected chi connectivity index (χ0v) is 11.5. The van der Waals surface area contributed by atoms with Crippen molar-refractivity contribution in [1.29, 1.82) is 0 Å². The van der Waals surface area contributed by atoms with Crippen LogP contribution in [0.15, 0.2) is 60.7 Å². The molecule has 0 aromatic heterocycles. The van der Waals surface area contributed by atoms with E-state index in [1.807, 2.05) is 42.5 Å². The Hall–Kier alpha value is -2.81. The number of rotatable bonds is 3. The number of phenols is 1. The van der Waals surface area contributed by atoms with E-state index in [2.05, 4.69) is 0 Å². The Bertz CT molecular complexity index is 822. The fraction of sp³-hybridized carbons (Fsp3) is 0.0556. The van der Waals surface area contributed by atoms with Gasteiger partial charge in [-0.3, -0.25) is 4.79 Å². The number of ether oxygens (including phenoxy) is 1. The number of benzene rings is 3. The number of carbonyl (C=O) groups is 1. The summed E-state index contributed by atoms with van der Waals surface area (Å²) >= 11 is 0. The minimum Gasteiger partial charge on any atom is -0.504 e. The number of hydrogen-bond donors (Lipinski definition) is 1. The van der Waals surface area contributed by atoms with Gasteiger partial charge in [0.05, 0.1) is 7.11 Å². The van der Waals surface area contributed by atoms with Crippen molar-refractivity contribution in [3.8, 4) is 11.5 Å². The first kappa shape index (κ1) is 13.2. The van der Waals surface area contributed by atoms with Crippen LogP contribution in [0.4, 0.5) is 0 Å². The Morgan fingerprint density at radius 2 is 1.57 bits per heavy atom. The molecule has 3 aromatic rings. The van der Waals surface area contributed by atoms with Crippen molar-refractivity contribution >= 4 is 16.6 Å². The van der Waals surface area contributed by atoms with Crippen LogP contribution in [0.25, 0.3) is 10.8 Å². The second-order valence-electron chi connectivity index (χ2n) is 4.78. The summed E-state index contributed by atoms with van der Waals surface area (Å²) < 4.78 is 5.04. The molecular weight excluding hydrogens is 264 g/mol. The first-order valence-corrected chi connectivity index (χ1v) is 6.59. The number of hydrogen-bond acceptors (Lipinski definition) is 3. The molecule has 0 spiro atoms. The maximum Gasteiger partial charge on any atom is 0.193 e. The molecule has 3 nitrogen and oxygen atoms in total. The highest BCUT2D eigenvalue weighted by Gasteiger charge is 2.12. The van der Waals surface area contributed by atoms with Crippen molar-refractivity contribution in [3.05, 3.63) is 71.8 Å². The molecule has 0 aliphatic heterocycles. The Labute approximate surface area is 122 Å². The topological polar surface area (TPSA) is 46.5 Å². The molecule has 0 saturated carbocycles. The average Bonchev–Trinajstić information content (AvgIpc) is 2.54. The van der Waals surface area contributed by atoms with Gasteiger partial charge in [0, 0.05) is 11.1 Å². The lowest BCUT2D eigenvalue weighted by molar-refractivity contribution is 0.103. The van der Waals surface area contributed by atoms with E-state index in [0.29, 0.717) is 16.9 Å². The van der Waals surface area contributed by atoms with Gasteiger partial charge in [0.15, 0.2) is 17.3 Å². The van der Waals surface area contributed by atoms with Crippen molar-refractivity contribution in [3.63, 3.8) is 0 Å². The van der Waals surface area contributed by atoms with Gasteiger partial charge in [-0.1, -0.05) is 36.4 Å². The van der Waals surface area contributed by atoms with Crippen LogP contribution in [-0.2, 0) is 0 Å². The highest BCUT2D eigenvalue weighted by atomic mass is 16.5. The second kappa shape index (κ2) is 5.29. The first-order chi connectivity index (χ1) is 10.2. The summed E-state index contributed by atoms with van der Waals surface area (Å²) in [6, 6.07) is 18.1. The van der Waals surface area contributed by atoms with E-state index in [0.717, 1.165) is 10.8 Å². The first-order valence-electron chi connectivity index (χ1n) is 6.59. The number of phenolic OH excluding ortho intramolecular Hbond substituents is 1. The van der Waals surface area contributed by atoms with E-state index in [-0.39, 0.29) is 11.5 Å². The van der Waals surface area contributed by atoms with Crippen LogP contribution in [0, 0.1) is 0 Å². The molecule has 0 heterocycles. The van der Waals surface area contributed by atoms with E-state index in [1.54, 1.807) is 12.1 Å². The summed E-state index contributed by atoms with van der Waals surface area (Å²) in [7, 11) is 1.46. The smallest absolute Gasteiger partial charge is 0.193 e. The Morgan fingerprint density at radius 3 is 2.33 bits per heavy atom. The molecule has 0 unspecified atom stereocenters. The monoisotopic (exact) mass is 278 g/mol. The molecule has 1 N–H and O–H groups in total. The molecule has 0 amide bonds. The lowest BCUT2D eigenvalue weighted by Crippen LogP contribution is -2.01. The third-order valence-corrected chi connectivity index (χ3v) is 3.45. The number of methoxy groups -OCH3 is 1. The summed E-state index contributed by atoms with van der Waals surface area (Å²) in [5.74, 6) is 0.216. The molecule has 0 bridgehead atoms. The zero-order chi connectivity index (χ0) is 14.8. The van der Waals surface area contributed by atoms with Gasteiger partial charge in [0.1, 0.15) is 0 Å². The van der Waals surface area contributed by atoms with Crippen molar-refractivity contribution in [1.82, 2.24) is 0 Å². The average molecular weight is 278 g/mol. The standard InChI is InChI=1S/C18H14O3/c1-21-17-11-15(8-9-16(17)19)18(20)14-7-6-12-4-2-3-5-13(12)10-14/h2-11,19H,1H3. The summed E-state index contributed by atoms with van der Waals surface area (Å²) in [5.41, 5.74) is 1.10. The Morgan fingerprint density at radius 1 is 0.905 bits per heavy atom. The molecule has 3 heteroatoms. The van der Waals surface area contributed by atoms with Gasteiger partial charge in [-0.05, 0) is 35.0 Å². The van der Waals surface area contributed by atoms with Gasteiger partial charge in [0.2, 0.25) is 0 Å². The third-order valence-electron chi connectivity index (χ3n) is 3.45. The number of aromatic hydroxyl groups is 1. The number of ketones is 1. The van der Waals surface area contributed by atoms with Gasteiger partial charge in [-0.25, -0.2) is 0 Å². The third kappa shape index (κ3) is 2.46. The Kier molecular flexibility index (Phi) is 3.32. The van der Waals surface area contributed by atoms with E-state index in [4.69, 9.17) is 4.74 Å². The van der Waals surface area contributed by atoms with Crippen molar-refractivity contribution in [2.24, 2.45) is 0 Å². The molecule has 21 heavy (non-hydrogen) atoms. The molecular formula is C18H14O3. The van der Waals surface area contributed by atoms with Crippen LogP contribution in [0.1, 0.15) is 15.9 Å². The Balaban J connectivity index is 2.03. The van der Waals surface area contributed by atoms with E-state index in [1.165, 1.54) is 13.2 Å². The van der Waals surface area contributed by atoms with E-state index < -0.39 is 0 Å². The second-order valence-corrected chi connectivity index (χ2v) is 4.78. The van der Waals surface area contributed by atoms with Crippen LogP contribution in [0.2, 0.25) is 0 Å². The normalized spacial score (nSPS) is 10.5. The van der Waals surface area contributed by atoms with Gasteiger partial charge in [-0.2, -0.15) is 0 Å². The molecule has 3 rings (SSSR count). The molecule has 104 valence electrons. The lowest BCUT2D eigenvalue weighted by atomic mass is 10.00. The lowest BCUT2D eigenvalue weighted by Gasteiger charge is -2.07. The number of fused-ring (bicyclic) bond motifs is 1. The van der Waals surface area contributed by atoms with Crippen LogP contribution in [0.5, 0.6) is 11.5 Å². The SMILES string of the molecule is COc1cc(C(=O)c2ccc3ccccc3c2)ccc1O. The zero-order valence-electron chi connectivity index (χ0n) is 11.5. The van der Waals surface area contributed by atoms with Crippen LogP contribution >= 0.6 is 0 Å². The van der Waals surface area contributed by atoms with E-state index >= 15 is 0 Å². The van der Waals surface area contributed by atoms with Gasteiger partial charge >= 0.3 is 0 Å². The summed E-state index contributed by atoms with van der Waals surface area (Å²) in [5, 5.41) is 11.7. The number of carbonyl (C=O) groups excluding carboxylic acids is 1. The fourth-order valence-corrected chi connectivity index (χ4v) is 2.32. The molecule has 0 aliphatic carbocycles. The molecule has 0 saturated heterocycles. The highest BCUT2D eigenvalue weighted by molar-refractivity contribution is 6.10.